The fraction of sp³-hybridized carbons (Fsp3) is 0.0690. The zero-order valence-corrected chi connectivity index (χ0v) is 19.0. The first-order valence-electron chi connectivity index (χ1n) is 11.0. The van der Waals surface area contributed by atoms with E-state index in [0.29, 0.717) is 5.69 Å². The second-order valence-electron chi connectivity index (χ2n) is 8.06. The molecule has 0 saturated carbocycles. The zero-order chi connectivity index (χ0) is 23.5. The Labute approximate surface area is 202 Å². The van der Waals surface area contributed by atoms with Crippen molar-refractivity contribution in [2.75, 3.05) is 0 Å². The summed E-state index contributed by atoms with van der Waals surface area (Å²) in [5, 5.41) is 11.0. The number of imidazole rings is 1. The maximum atomic E-state index is 14.6. The average molecular weight is 469 g/mol. The standard InChI is InChI=1S/C29H22ClFN2O/c30-25-18-10-17-24(27(25)31)28(34)26-19-33(20-32-26)29(21-11-4-1-5-12-21,22-13-6-2-7-14-22)23-15-8-3-9-16-23/h1-20,28,34H. The first-order valence-corrected chi connectivity index (χ1v) is 11.3. The van der Waals surface area contributed by atoms with Crippen molar-refractivity contribution < 1.29 is 9.50 Å². The van der Waals surface area contributed by atoms with Crippen LogP contribution in [0.3, 0.4) is 0 Å². The molecule has 4 aromatic carbocycles. The molecule has 3 nitrogen and oxygen atoms in total. The van der Waals surface area contributed by atoms with Gasteiger partial charge in [-0.15, -0.1) is 0 Å². The maximum absolute atomic E-state index is 14.6. The summed E-state index contributed by atoms with van der Waals surface area (Å²) < 4.78 is 16.6. The molecule has 1 heterocycles. The lowest BCUT2D eigenvalue weighted by atomic mass is 9.77. The van der Waals surface area contributed by atoms with Gasteiger partial charge in [0.25, 0.3) is 0 Å². The molecule has 5 heteroatoms. The number of halogens is 2. The molecule has 0 radical (unpaired) electrons. The molecule has 1 atom stereocenters. The van der Waals surface area contributed by atoms with Gasteiger partial charge in [0.05, 0.1) is 17.0 Å². The van der Waals surface area contributed by atoms with Crippen LogP contribution in [0.5, 0.6) is 0 Å². The lowest BCUT2D eigenvalue weighted by molar-refractivity contribution is 0.210. The van der Waals surface area contributed by atoms with Gasteiger partial charge < -0.3 is 9.67 Å². The number of hydrogen-bond donors (Lipinski definition) is 1. The molecule has 34 heavy (non-hydrogen) atoms. The summed E-state index contributed by atoms with van der Waals surface area (Å²) in [6.07, 6.45) is 2.20. The van der Waals surface area contributed by atoms with E-state index in [1.807, 2.05) is 59.2 Å². The van der Waals surface area contributed by atoms with Crippen molar-refractivity contribution in [2.24, 2.45) is 0 Å². The third-order valence-corrected chi connectivity index (χ3v) is 6.41. The second kappa shape index (κ2) is 9.26. The van der Waals surface area contributed by atoms with Crippen LogP contribution in [0, 0.1) is 5.82 Å². The smallest absolute Gasteiger partial charge is 0.147 e. The quantitative estimate of drug-likeness (QED) is 0.285. The summed E-state index contributed by atoms with van der Waals surface area (Å²) in [6, 6.07) is 35.0. The van der Waals surface area contributed by atoms with Crippen LogP contribution in [-0.4, -0.2) is 14.7 Å². The zero-order valence-electron chi connectivity index (χ0n) is 18.2. The molecule has 5 rings (SSSR count). The molecule has 1 aromatic heterocycles. The first kappa shape index (κ1) is 22.1. The summed E-state index contributed by atoms with van der Waals surface area (Å²) in [6.45, 7) is 0. The third kappa shape index (κ3) is 3.71. The van der Waals surface area contributed by atoms with E-state index in [2.05, 4.69) is 41.4 Å². The molecule has 1 N–H and O–H groups in total. The Morgan fingerprint density at radius 1 is 0.735 bits per heavy atom. The Hall–Kier alpha value is -3.73. The van der Waals surface area contributed by atoms with Gasteiger partial charge in [-0.3, -0.25) is 0 Å². The lowest BCUT2D eigenvalue weighted by Crippen LogP contribution is -2.37. The van der Waals surface area contributed by atoms with Crippen molar-refractivity contribution in [1.82, 2.24) is 9.55 Å². The third-order valence-electron chi connectivity index (χ3n) is 6.12. The Morgan fingerprint density at radius 2 is 1.24 bits per heavy atom. The van der Waals surface area contributed by atoms with Crippen molar-refractivity contribution in [3.8, 4) is 0 Å². The highest BCUT2D eigenvalue weighted by molar-refractivity contribution is 6.30. The van der Waals surface area contributed by atoms with E-state index >= 15 is 0 Å². The van der Waals surface area contributed by atoms with E-state index in [4.69, 9.17) is 11.6 Å². The second-order valence-corrected chi connectivity index (χ2v) is 8.47. The highest BCUT2D eigenvalue weighted by atomic mass is 35.5. The van der Waals surface area contributed by atoms with Crippen LogP contribution < -0.4 is 0 Å². The summed E-state index contributed by atoms with van der Waals surface area (Å²) in [4.78, 5) is 4.51. The van der Waals surface area contributed by atoms with Gasteiger partial charge in [0.15, 0.2) is 0 Å². The van der Waals surface area contributed by atoms with Crippen molar-refractivity contribution in [1.29, 1.82) is 0 Å². The van der Waals surface area contributed by atoms with Gasteiger partial charge in [-0.25, -0.2) is 9.37 Å². The maximum Gasteiger partial charge on any atom is 0.147 e. The monoisotopic (exact) mass is 468 g/mol. The number of rotatable bonds is 6. The number of aliphatic hydroxyl groups is 1. The Kier molecular flexibility index (Phi) is 6.01. The predicted octanol–water partition coefficient (Wildman–Crippen LogP) is 6.60. The predicted molar refractivity (Wildman–Crippen MR) is 132 cm³/mol. The van der Waals surface area contributed by atoms with E-state index in [0.717, 1.165) is 16.7 Å². The van der Waals surface area contributed by atoms with Gasteiger partial charge in [-0.1, -0.05) is 115 Å². The van der Waals surface area contributed by atoms with Crippen LogP contribution in [-0.2, 0) is 5.54 Å². The number of nitrogens with zero attached hydrogens (tertiary/aromatic N) is 2. The summed E-state index contributed by atoms with van der Waals surface area (Å²) in [7, 11) is 0. The van der Waals surface area contributed by atoms with Gasteiger partial charge in [-0.05, 0) is 22.8 Å². The number of aromatic nitrogens is 2. The van der Waals surface area contributed by atoms with E-state index in [1.165, 1.54) is 12.1 Å². The Morgan fingerprint density at radius 3 is 1.74 bits per heavy atom. The minimum Gasteiger partial charge on any atom is -0.382 e. The number of benzene rings is 4. The normalized spacial score (nSPS) is 12.4. The molecule has 168 valence electrons. The van der Waals surface area contributed by atoms with Crippen LogP contribution >= 0.6 is 11.6 Å². The van der Waals surface area contributed by atoms with Crippen molar-refractivity contribution >= 4 is 11.6 Å². The van der Waals surface area contributed by atoms with E-state index < -0.39 is 17.5 Å². The van der Waals surface area contributed by atoms with Crippen LogP contribution in [0.2, 0.25) is 5.02 Å². The van der Waals surface area contributed by atoms with Gasteiger partial charge in [0.1, 0.15) is 17.5 Å². The molecular weight excluding hydrogens is 447 g/mol. The van der Waals surface area contributed by atoms with Crippen LogP contribution in [0.4, 0.5) is 4.39 Å². The topological polar surface area (TPSA) is 38.0 Å². The molecule has 5 aromatic rings. The average Bonchev–Trinajstić information content (AvgIpc) is 3.38. The summed E-state index contributed by atoms with van der Waals surface area (Å²) in [5.74, 6) is -0.647. The fourth-order valence-corrected chi connectivity index (χ4v) is 4.72. The highest BCUT2D eigenvalue weighted by Gasteiger charge is 2.38. The largest absolute Gasteiger partial charge is 0.382 e. The molecular formula is C29H22ClFN2O. The molecule has 0 saturated heterocycles. The molecule has 0 bridgehead atoms. The van der Waals surface area contributed by atoms with E-state index in [1.54, 1.807) is 18.6 Å². The van der Waals surface area contributed by atoms with E-state index in [9.17, 15) is 9.50 Å². The number of hydrogen-bond acceptors (Lipinski definition) is 2. The molecule has 0 aliphatic heterocycles. The molecule has 0 aliphatic carbocycles. The van der Waals surface area contributed by atoms with Crippen LogP contribution in [0.25, 0.3) is 0 Å². The molecule has 1 unspecified atom stereocenters. The van der Waals surface area contributed by atoms with Gasteiger partial charge in [0, 0.05) is 11.8 Å². The highest BCUT2D eigenvalue weighted by Crippen LogP contribution is 2.41. The molecule has 0 amide bonds. The molecule has 0 aliphatic rings. The Balaban J connectivity index is 1.75. The lowest BCUT2D eigenvalue weighted by Gasteiger charge is -2.37. The van der Waals surface area contributed by atoms with Crippen molar-refractivity contribution in [2.45, 2.75) is 11.6 Å². The fourth-order valence-electron chi connectivity index (χ4n) is 4.54. The first-order chi connectivity index (χ1) is 16.6. The van der Waals surface area contributed by atoms with Crippen molar-refractivity contribution in [3.63, 3.8) is 0 Å². The summed E-state index contributed by atoms with van der Waals surface area (Å²) in [5.41, 5.74) is 2.73. The summed E-state index contributed by atoms with van der Waals surface area (Å²) >= 11 is 5.95. The number of aliphatic hydroxyl groups excluding tert-OH is 1. The van der Waals surface area contributed by atoms with Crippen molar-refractivity contribution in [3.05, 3.63) is 161 Å². The minimum atomic E-state index is -1.26. The molecule has 0 spiro atoms. The minimum absolute atomic E-state index is 0.0387. The Bertz CT molecular complexity index is 1290. The van der Waals surface area contributed by atoms with E-state index in [-0.39, 0.29) is 10.6 Å². The van der Waals surface area contributed by atoms with Crippen LogP contribution in [0.15, 0.2) is 122 Å². The molecule has 0 fully saturated rings. The van der Waals surface area contributed by atoms with Gasteiger partial charge in [0.2, 0.25) is 0 Å². The van der Waals surface area contributed by atoms with Gasteiger partial charge in [-0.2, -0.15) is 0 Å². The van der Waals surface area contributed by atoms with Gasteiger partial charge >= 0.3 is 0 Å². The van der Waals surface area contributed by atoms with Crippen LogP contribution in [0.1, 0.15) is 34.1 Å². The SMILES string of the molecule is OC(c1cn(C(c2ccccc2)(c2ccccc2)c2ccccc2)cn1)c1cccc(Cl)c1F.